The second kappa shape index (κ2) is 8.81. The van der Waals surface area contributed by atoms with Crippen LogP contribution in [0.1, 0.15) is 0 Å². The number of fused-ring (bicyclic) bond motifs is 8. The van der Waals surface area contributed by atoms with E-state index in [0.29, 0.717) is 17.5 Å². The van der Waals surface area contributed by atoms with E-state index >= 15 is 0 Å². The van der Waals surface area contributed by atoms with E-state index in [-0.39, 0.29) is 0 Å². The number of pyridine rings is 1. The molecule has 0 atom stereocenters. The van der Waals surface area contributed by atoms with Crippen LogP contribution in [0.4, 0.5) is 0 Å². The average Bonchev–Trinajstić information content (AvgIpc) is 3.63. The fourth-order valence-electron chi connectivity index (χ4n) is 5.90. The lowest BCUT2D eigenvalue weighted by Crippen LogP contribution is -2.00. The van der Waals surface area contributed by atoms with Gasteiger partial charge in [0, 0.05) is 44.4 Å². The first kappa shape index (κ1) is 22.9. The lowest BCUT2D eigenvalue weighted by molar-refractivity contribution is 0.667. The highest BCUT2D eigenvalue weighted by molar-refractivity contribution is 6.19. The number of hydrogen-bond donors (Lipinski definition) is 0. The predicted octanol–water partition coefficient (Wildman–Crippen LogP) is 9.22. The Labute approximate surface area is 238 Å². The zero-order valence-corrected chi connectivity index (χ0v) is 22.2. The van der Waals surface area contributed by atoms with E-state index in [4.69, 9.17) is 23.8 Å². The van der Waals surface area contributed by atoms with Crippen LogP contribution in [0.25, 0.3) is 88.8 Å². The molecule has 0 amide bonds. The highest BCUT2D eigenvalue weighted by atomic mass is 16.3. The van der Waals surface area contributed by atoms with E-state index < -0.39 is 0 Å². The first-order chi connectivity index (χ1) is 20.8. The van der Waals surface area contributed by atoms with E-state index in [2.05, 4.69) is 35.3 Å². The molecule has 4 aromatic heterocycles. The Kier molecular flexibility index (Phi) is 4.80. The molecule has 6 heteroatoms. The summed E-state index contributed by atoms with van der Waals surface area (Å²) in [6, 6.07) is 36.5. The Morgan fingerprint density at radius 2 is 1.19 bits per heavy atom. The summed E-state index contributed by atoms with van der Waals surface area (Å²) in [5.74, 6) is 1.82. The number of rotatable bonds is 3. The molecule has 9 aromatic rings. The van der Waals surface area contributed by atoms with E-state index in [1.165, 1.54) is 0 Å². The van der Waals surface area contributed by atoms with Gasteiger partial charge < -0.3 is 8.83 Å². The predicted molar refractivity (Wildman–Crippen MR) is 166 cm³/mol. The minimum absolute atomic E-state index is 0.597. The van der Waals surface area contributed by atoms with Crippen LogP contribution >= 0.6 is 0 Å². The summed E-state index contributed by atoms with van der Waals surface area (Å²) in [6.07, 6.45) is 3.56. The van der Waals surface area contributed by atoms with Gasteiger partial charge >= 0.3 is 0 Å². The number of para-hydroxylation sites is 1. The molecule has 0 N–H and O–H groups in total. The van der Waals surface area contributed by atoms with Crippen LogP contribution in [0.5, 0.6) is 0 Å². The summed E-state index contributed by atoms with van der Waals surface area (Å²) in [6.45, 7) is 0. The SMILES string of the molecule is c1ccc(-c2nc(-c3ccc4c(ccc5oc6cnccc6c54)c3)nc(-c3cccc4oc5ccccc5c34)n2)cc1. The first-order valence-electron chi connectivity index (χ1n) is 13.7. The second-order valence-corrected chi connectivity index (χ2v) is 10.3. The number of benzene rings is 5. The van der Waals surface area contributed by atoms with Gasteiger partial charge in [0.1, 0.15) is 16.7 Å². The highest BCUT2D eigenvalue weighted by Crippen LogP contribution is 2.38. The molecule has 4 heterocycles. The van der Waals surface area contributed by atoms with Gasteiger partial charge in [-0.05, 0) is 41.1 Å². The second-order valence-electron chi connectivity index (χ2n) is 10.3. The highest BCUT2D eigenvalue weighted by Gasteiger charge is 2.18. The molecule has 0 radical (unpaired) electrons. The van der Waals surface area contributed by atoms with Gasteiger partial charge in [-0.3, -0.25) is 4.98 Å². The van der Waals surface area contributed by atoms with E-state index in [1.807, 2.05) is 78.9 Å². The molecule has 0 aliphatic carbocycles. The van der Waals surface area contributed by atoms with Crippen LogP contribution in [0.3, 0.4) is 0 Å². The van der Waals surface area contributed by atoms with Crippen LogP contribution in [-0.2, 0) is 0 Å². The molecule has 42 heavy (non-hydrogen) atoms. The van der Waals surface area contributed by atoms with Crippen LogP contribution in [0.2, 0.25) is 0 Å². The zero-order chi connectivity index (χ0) is 27.6. The lowest BCUT2D eigenvalue weighted by atomic mass is 10.0. The molecular formula is C36H20N4O2. The quantitative estimate of drug-likeness (QED) is 0.222. The Hall–Kier alpha value is -5.88. The van der Waals surface area contributed by atoms with Crippen molar-refractivity contribution in [3.05, 3.63) is 122 Å². The summed E-state index contributed by atoms with van der Waals surface area (Å²) < 4.78 is 12.2. The van der Waals surface area contributed by atoms with Gasteiger partial charge in [0.15, 0.2) is 23.1 Å². The maximum atomic E-state index is 6.17. The molecule has 0 spiro atoms. The van der Waals surface area contributed by atoms with Gasteiger partial charge in [0.2, 0.25) is 0 Å². The smallest absolute Gasteiger partial charge is 0.164 e. The molecule has 0 fully saturated rings. The van der Waals surface area contributed by atoms with Crippen molar-refractivity contribution in [3.63, 3.8) is 0 Å². The minimum atomic E-state index is 0.597. The third-order valence-corrected chi connectivity index (χ3v) is 7.82. The maximum Gasteiger partial charge on any atom is 0.164 e. The molecular weight excluding hydrogens is 520 g/mol. The molecule has 0 aliphatic rings. The van der Waals surface area contributed by atoms with Gasteiger partial charge in [-0.2, -0.15) is 0 Å². The topological polar surface area (TPSA) is 77.8 Å². The fourth-order valence-corrected chi connectivity index (χ4v) is 5.90. The largest absolute Gasteiger partial charge is 0.456 e. The molecule has 9 rings (SSSR count). The zero-order valence-electron chi connectivity index (χ0n) is 22.2. The Balaban J connectivity index is 1.29. The molecule has 0 aliphatic heterocycles. The van der Waals surface area contributed by atoms with Crippen molar-refractivity contribution in [2.75, 3.05) is 0 Å². The molecule has 0 unspecified atom stereocenters. The summed E-state index contributed by atoms with van der Waals surface area (Å²) in [4.78, 5) is 19.2. The van der Waals surface area contributed by atoms with Crippen LogP contribution in [0, 0.1) is 0 Å². The van der Waals surface area contributed by atoms with Crippen molar-refractivity contribution < 1.29 is 8.83 Å². The molecule has 0 saturated carbocycles. The Morgan fingerprint density at radius 3 is 2.12 bits per heavy atom. The third-order valence-electron chi connectivity index (χ3n) is 7.82. The standard InChI is InChI=1S/C36H20N4O2/c1-2-7-21(8-3-1)34-38-35(40-36(39-34)27-10-6-12-29-33(27)25-9-4-5-11-28(25)41-29)23-13-15-24-22(19-23)14-16-30-32(24)26-17-18-37-20-31(26)42-30/h1-20H. The van der Waals surface area contributed by atoms with Crippen molar-refractivity contribution in [2.24, 2.45) is 0 Å². The van der Waals surface area contributed by atoms with Gasteiger partial charge in [-0.15, -0.1) is 0 Å². The molecule has 196 valence electrons. The minimum Gasteiger partial charge on any atom is -0.456 e. The van der Waals surface area contributed by atoms with Crippen molar-refractivity contribution in [2.45, 2.75) is 0 Å². The molecule has 5 aromatic carbocycles. The summed E-state index contributed by atoms with van der Waals surface area (Å²) in [5.41, 5.74) is 5.98. The average molecular weight is 541 g/mol. The monoisotopic (exact) mass is 540 g/mol. The van der Waals surface area contributed by atoms with Gasteiger partial charge in [-0.1, -0.05) is 78.9 Å². The van der Waals surface area contributed by atoms with Crippen molar-refractivity contribution in [3.8, 4) is 34.2 Å². The molecule has 0 saturated heterocycles. The van der Waals surface area contributed by atoms with Gasteiger partial charge in [-0.25, -0.2) is 15.0 Å². The number of aromatic nitrogens is 4. The van der Waals surface area contributed by atoms with Gasteiger partial charge in [0.05, 0.1) is 6.20 Å². The lowest BCUT2D eigenvalue weighted by Gasteiger charge is -2.10. The Bertz CT molecular complexity index is 2480. The molecule has 6 nitrogen and oxygen atoms in total. The van der Waals surface area contributed by atoms with E-state index in [9.17, 15) is 0 Å². The van der Waals surface area contributed by atoms with Crippen molar-refractivity contribution in [1.29, 1.82) is 0 Å². The Morgan fingerprint density at radius 1 is 0.452 bits per heavy atom. The van der Waals surface area contributed by atoms with Crippen LogP contribution < -0.4 is 0 Å². The first-order valence-corrected chi connectivity index (χ1v) is 13.7. The third kappa shape index (κ3) is 3.45. The van der Waals surface area contributed by atoms with Crippen LogP contribution in [-0.4, -0.2) is 19.9 Å². The fraction of sp³-hybridized carbons (Fsp3) is 0. The summed E-state index contributed by atoms with van der Waals surface area (Å²) >= 11 is 0. The van der Waals surface area contributed by atoms with E-state index in [1.54, 1.807) is 12.4 Å². The van der Waals surface area contributed by atoms with Crippen molar-refractivity contribution in [1.82, 2.24) is 19.9 Å². The maximum absolute atomic E-state index is 6.17. The van der Waals surface area contributed by atoms with Crippen molar-refractivity contribution >= 4 is 54.6 Å². The number of furan rings is 2. The van der Waals surface area contributed by atoms with E-state index in [0.717, 1.165) is 71.3 Å². The summed E-state index contributed by atoms with van der Waals surface area (Å²) in [7, 11) is 0. The van der Waals surface area contributed by atoms with Crippen LogP contribution in [0.15, 0.2) is 130 Å². The summed E-state index contributed by atoms with van der Waals surface area (Å²) in [5, 5.41) is 6.33. The number of nitrogens with zero attached hydrogens (tertiary/aromatic N) is 4. The number of hydrogen-bond acceptors (Lipinski definition) is 6. The molecule has 0 bridgehead atoms. The van der Waals surface area contributed by atoms with Gasteiger partial charge in [0.25, 0.3) is 0 Å². The normalized spacial score (nSPS) is 11.8.